The SMILES string of the molecule is C=C(/C=C1\C(=O)C(c2ccc(C)s2)=C1O)C(C)(C)c1cc(C(=O)O)ccc1C. The molecule has 4 nitrogen and oxygen atoms in total. The molecule has 2 N–H and O–H groups in total. The molecule has 0 bridgehead atoms. The van der Waals surface area contributed by atoms with Crippen LogP contribution in [-0.2, 0) is 10.2 Å². The first-order valence-electron chi connectivity index (χ1n) is 8.84. The zero-order valence-electron chi connectivity index (χ0n) is 16.3. The second-order valence-corrected chi connectivity index (χ2v) is 8.79. The Bertz CT molecular complexity index is 1080. The summed E-state index contributed by atoms with van der Waals surface area (Å²) in [5.41, 5.74) is 2.55. The molecule has 0 aliphatic heterocycles. The number of benzene rings is 1. The lowest BCUT2D eigenvalue weighted by atomic mass is 9.74. The maximum atomic E-state index is 12.6. The zero-order chi connectivity index (χ0) is 20.8. The van der Waals surface area contributed by atoms with Crippen molar-refractivity contribution >= 4 is 28.7 Å². The Morgan fingerprint density at radius 1 is 1.18 bits per heavy atom. The summed E-state index contributed by atoms with van der Waals surface area (Å²) in [7, 11) is 0. The molecule has 5 heteroatoms. The standard InChI is InChI=1S/C23H22O4S/c1-12-6-8-15(22(26)27)11-17(12)23(4,5)13(2)10-16-20(24)19(21(16)25)18-9-7-14(3)28-18/h6-11,24H,2H2,1,3-5H3,(H,26,27)/b16-10-. The summed E-state index contributed by atoms with van der Waals surface area (Å²) in [5.74, 6) is -1.21. The van der Waals surface area contributed by atoms with Crippen LogP contribution in [0.2, 0.25) is 0 Å². The highest BCUT2D eigenvalue weighted by molar-refractivity contribution is 7.13. The Labute approximate surface area is 168 Å². The van der Waals surface area contributed by atoms with Gasteiger partial charge in [0.15, 0.2) is 0 Å². The molecule has 0 amide bonds. The monoisotopic (exact) mass is 394 g/mol. The highest BCUT2D eigenvalue weighted by Gasteiger charge is 2.37. The Balaban J connectivity index is 1.97. The number of aromatic carboxylic acids is 1. The lowest BCUT2D eigenvalue weighted by Gasteiger charge is -2.30. The number of aliphatic hydroxyl groups is 1. The van der Waals surface area contributed by atoms with E-state index in [4.69, 9.17) is 0 Å². The van der Waals surface area contributed by atoms with Crippen molar-refractivity contribution in [3.05, 3.63) is 86.3 Å². The molecule has 28 heavy (non-hydrogen) atoms. The molecule has 0 atom stereocenters. The number of aliphatic hydroxyl groups excluding tert-OH is 1. The number of hydrogen-bond acceptors (Lipinski definition) is 4. The number of Topliss-reactive ketones (excluding diaryl/α,β-unsaturated/α-hetero) is 1. The van der Waals surface area contributed by atoms with Gasteiger partial charge in [0, 0.05) is 15.2 Å². The van der Waals surface area contributed by atoms with Gasteiger partial charge in [-0.1, -0.05) is 26.5 Å². The quantitative estimate of drug-likeness (QED) is 0.668. The summed E-state index contributed by atoms with van der Waals surface area (Å²) in [5, 5.41) is 19.7. The fourth-order valence-corrected chi connectivity index (χ4v) is 4.22. The van der Waals surface area contributed by atoms with Gasteiger partial charge in [-0.3, -0.25) is 4.79 Å². The van der Waals surface area contributed by atoms with Crippen molar-refractivity contribution in [3.8, 4) is 0 Å². The van der Waals surface area contributed by atoms with E-state index in [0.717, 1.165) is 20.9 Å². The van der Waals surface area contributed by atoms with E-state index >= 15 is 0 Å². The van der Waals surface area contributed by atoms with Crippen molar-refractivity contribution in [3.63, 3.8) is 0 Å². The highest BCUT2D eigenvalue weighted by Crippen LogP contribution is 2.41. The smallest absolute Gasteiger partial charge is 0.335 e. The molecule has 1 aromatic heterocycles. The topological polar surface area (TPSA) is 74.6 Å². The number of carbonyl (C=O) groups excluding carboxylic acids is 1. The number of allylic oxidation sites excluding steroid dienone is 4. The lowest BCUT2D eigenvalue weighted by molar-refractivity contribution is -0.111. The van der Waals surface area contributed by atoms with Gasteiger partial charge in [0.25, 0.3) is 0 Å². The second kappa shape index (κ2) is 6.91. The molecule has 0 unspecified atom stereocenters. The number of thiophene rings is 1. The number of carbonyl (C=O) groups is 2. The third kappa shape index (κ3) is 3.22. The van der Waals surface area contributed by atoms with Crippen LogP contribution in [-0.4, -0.2) is 22.0 Å². The summed E-state index contributed by atoms with van der Waals surface area (Å²) in [6.45, 7) is 11.8. The summed E-state index contributed by atoms with van der Waals surface area (Å²) >= 11 is 1.46. The number of hydrogen-bond donors (Lipinski definition) is 2. The van der Waals surface area contributed by atoms with Crippen molar-refractivity contribution in [2.24, 2.45) is 0 Å². The van der Waals surface area contributed by atoms with Crippen LogP contribution >= 0.6 is 11.3 Å². The van der Waals surface area contributed by atoms with Gasteiger partial charge in [-0.2, -0.15) is 0 Å². The van der Waals surface area contributed by atoms with E-state index in [2.05, 4.69) is 6.58 Å². The summed E-state index contributed by atoms with van der Waals surface area (Å²) in [6.07, 6.45) is 1.61. The molecular weight excluding hydrogens is 372 g/mol. The van der Waals surface area contributed by atoms with E-state index in [1.54, 1.807) is 24.3 Å². The maximum Gasteiger partial charge on any atom is 0.335 e. The van der Waals surface area contributed by atoms with Crippen LogP contribution < -0.4 is 0 Å². The zero-order valence-corrected chi connectivity index (χ0v) is 17.1. The van der Waals surface area contributed by atoms with E-state index in [1.807, 2.05) is 39.8 Å². The van der Waals surface area contributed by atoms with Gasteiger partial charge in [0.05, 0.1) is 16.7 Å². The Morgan fingerprint density at radius 2 is 1.86 bits per heavy atom. The van der Waals surface area contributed by atoms with Gasteiger partial charge in [0.1, 0.15) is 5.76 Å². The van der Waals surface area contributed by atoms with Crippen molar-refractivity contribution < 1.29 is 19.8 Å². The molecule has 0 fully saturated rings. The first kappa shape index (κ1) is 19.8. The van der Waals surface area contributed by atoms with Gasteiger partial charge in [-0.05, 0) is 60.9 Å². The fourth-order valence-electron chi connectivity index (χ4n) is 3.31. The highest BCUT2D eigenvalue weighted by atomic mass is 32.1. The van der Waals surface area contributed by atoms with E-state index in [0.29, 0.717) is 11.1 Å². The minimum atomic E-state index is -0.994. The third-order valence-electron chi connectivity index (χ3n) is 5.23. The van der Waals surface area contributed by atoms with Gasteiger partial charge < -0.3 is 10.2 Å². The molecule has 2 aromatic rings. The Morgan fingerprint density at radius 3 is 2.39 bits per heavy atom. The van der Waals surface area contributed by atoms with Gasteiger partial charge in [-0.25, -0.2) is 4.79 Å². The van der Waals surface area contributed by atoms with Crippen LogP contribution in [0, 0.1) is 13.8 Å². The van der Waals surface area contributed by atoms with Crippen LogP contribution in [0.5, 0.6) is 0 Å². The van der Waals surface area contributed by atoms with Crippen LogP contribution in [0.1, 0.15) is 45.1 Å². The molecule has 3 rings (SSSR count). The first-order valence-corrected chi connectivity index (χ1v) is 9.66. The Kier molecular flexibility index (Phi) is 4.90. The van der Waals surface area contributed by atoms with Crippen LogP contribution in [0.15, 0.2) is 59.9 Å². The van der Waals surface area contributed by atoms with Crippen LogP contribution in [0.3, 0.4) is 0 Å². The maximum absolute atomic E-state index is 12.6. The molecule has 0 spiro atoms. The molecule has 1 aliphatic carbocycles. The lowest BCUT2D eigenvalue weighted by Crippen LogP contribution is -2.24. The van der Waals surface area contributed by atoms with E-state index in [1.165, 1.54) is 11.3 Å². The molecule has 0 radical (unpaired) electrons. The van der Waals surface area contributed by atoms with Crippen LogP contribution in [0.25, 0.3) is 5.57 Å². The molecular formula is C23H22O4S. The van der Waals surface area contributed by atoms with Crippen molar-refractivity contribution in [1.29, 1.82) is 0 Å². The summed E-state index contributed by atoms with van der Waals surface area (Å²) in [6, 6.07) is 8.72. The largest absolute Gasteiger partial charge is 0.506 e. The molecule has 1 heterocycles. The first-order chi connectivity index (χ1) is 13.0. The number of ketones is 1. The second-order valence-electron chi connectivity index (χ2n) is 7.51. The van der Waals surface area contributed by atoms with Gasteiger partial charge in [-0.15, -0.1) is 11.3 Å². The third-order valence-corrected chi connectivity index (χ3v) is 6.25. The minimum absolute atomic E-state index is 0.0141. The Hall–Kier alpha value is -2.92. The van der Waals surface area contributed by atoms with E-state index < -0.39 is 11.4 Å². The van der Waals surface area contributed by atoms with Crippen molar-refractivity contribution in [2.45, 2.75) is 33.1 Å². The van der Waals surface area contributed by atoms with Crippen molar-refractivity contribution in [2.75, 3.05) is 0 Å². The normalized spacial score (nSPS) is 15.7. The van der Waals surface area contributed by atoms with Gasteiger partial charge >= 0.3 is 5.97 Å². The average molecular weight is 394 g/mol. The number of rotatable bonds is 5. The number of carboxylic acids is 1. The fraction of sp³-hybridized carbons (Fsp3) is 0.217. The van der Waals surface area contributed by atoms with E-state index in [-0.39, 0.29) is 22.7 Å². The predicted octanol–water partition coefficient (Wildman–Crippen LogP) is 5.38. The molecule has 0 saturated heterocycles. The van der Waals surface area contributed by atoms with Crippen molar-refractivity contribution in [1.82, 2.24) is 0 Å². The molecule has 1 aromatic carbocycles. The van der Waals surface area contributed by atoms with Crippen LogP contribution in [0.4, 0.5) is 0 Å². The number of aryl methyl sites for hydroxylation is 2. The minimum Gasteiger partial charge on any atom is -0.506 e. The summed E-state index contributed by atoms with van der Waals surface area (Å²) < 4.78 is 0. The number of carboxylic acid groups (broad SMARTS) is 1. The van der Waals surface area contributed by atoms with E-state index in [9.17, 15) is 19.8 Å². The molecule has 144 valence electrons. The molecule has 1 aliphatic rings. The molecule has 0 saturated carbocycles. The van der Waals surface area contributed by atoms with Gasteiger partial charge in [0.2, 0.25) is 5.78 Å². The average Bonchev–Trinajstić information content (AvgIpc) is 3.04. The predicted molar refractivity (Wildman–Crippen MR) is 112 cm³/mol. The summed E-state index contributed by atoms with van der Waals surface area (Å²) in [4.78, 5) is 25.8.